The van der Waals surface area contributed by atoms with Crippen LogP contribution >= 0.6 is 7.82 Å². The molecule has 0 amide bonds. The second kappa shape index (κ2) is 35.8. The van der Waals surface area contributed by atoms with E-state index in [9.17, 15) is 24.2 Å². The predicted octanol–water partition coefficient (Wildman–Crippen LogP) is 9.33. The van der Waals surface area contributed by atoms with Crippen LogP contribution < -0.4 is 0 Å². The maximum atomic E-state index is 12.5. The smallest absolute Gasteiger partial charge is 0.462 e. The molecule has 0 aliphatic heterocycles. The highest BCUT2D eigenvalue weighted by Crippen LogP contribution is 2.43. The van der Waals surface area contributed by atoms with Crippen molar-refractivity contribution < 1.29 is 47.8 Å². The average Bonchev–Trinajstić information content (AvgIpc) is 3.12. The summed E-state index contributed by atoms with van der Waals surface area (Å²) in [4.78, 5) is 34.8. The zero-order chi connectivity index (χ0) is 37.7. The molecule has 0 rings (SSSR count). The summed E-state index contributed by atoms with van der Waals surface area (Å²) in [5.41, 5.74) is 0. The lowest BCUT2D eigenvalue weighted by atomic mass is 10.1. The Labute approximate surface area is 308 Å². The number of aliphatic hydroxyl groups is 2. The lowest BCUT2D eigenvalue weighted by Crippen LogP contribution is -2.29. The maximum absolute atomic E-state index is 12.5. The molecule has 10 nitrogen and oxygen atoms in total. The summed E-state index contributed by atoms with van der Waals surface area (Å²) in [7, 11) is -4.63. The molecule has 0 radical (unpaired) electrons. The van der Waals surface area contributed by atoms with Crippen molar-refractivity contribution >= 4 is 19.8 Å². The molecule has 0 aromatic rings. The number of phosphoric ester groups is 1. The summed E-state index contributed by atoms with van der Waals surface area (Å²) >= 11 is 0. The van der Waals surface area contributed by atoms with Gasteiger partial charge in [-0.3, -0.25) is 18.6 Å². The van der Waals surface area contributed by atoms with Crippen LogP contribution in [-0.2, 0) is 32.7 Å². The lowest BCUT2D eigenvalue weighted by molar-refractivity contribution is -0.161. The van der Waals surface area contributed by atoms with Crippen LogP contribution in [0.4, 0.5) is 0 Å². The van der Waals surface area contributed by atoms with E-state index in [0.29, 0.717) is 19.3 Å². The van der Waals surface area contributed by atoms with Gasteiger partial charge in [-0.05, 0) is 70.6 Å². The van der Waals surface area contributed by atoms with Gasteiger partial charge in [-0.25, -0.2) is 4.57 Å². The maximum Gasteiger partial charge on any atom is 0.472 e. The van der Waals surface area contributed by atoms with Crippen molar-refractivity contribution in [1.82, 2.24) is 0 Å². The van der Waals surface area contributed by atoms with Gasteiger partial charge in [0.05, 0.1) is 19.8 Å². The van der Waals surface area contributed by atoms with Crippen LogP contribution in [-0.4, -0.2) is 65.7 Å². The minimum Gasteiger partial charge on any atom is -0.462 e. The highest BCUT2D eigenvalue weighted by atomic mass is 31.2. The normalized spacial score (nSPS) is 14.8. The molecule has 0 aliphatic carbocycles. The number of carbonyl (C=O) groups is 2. The molecular formula is C40H67O10P. The van der Waals surface area contributed by atoms with Gasteiger partial charge in [0.15, 0.2) is 6.10 Å². The fourth-order valence-corrected chi connectivity index (χ4v) is 5.21. The van der Waals surface area contributed by atoms with Crippen molar-refractivity contribution in [1.29, 1.82) is 0 Å². The van der Waals surface area contributed by atoms with Gasteiger partial charge in [-0.15, -0.1) is 0 Å². The molecule has 0 aromatic heterocycles. The average molecular weight is 739 g/mol. The van der Waals surface area contributed by atoms with Gasteiger partial charge in [0.1, 0.15) is 12.7 Å². The summed E-state index contributed by atoms with van der Waals surface area (Å²) < 4.78 is 32.5. The van der Waals surface area contributed by atoms with Gasteiger partial charge in [-0.2, -0.15) is 0 Å². The van der Waals surface area contributed by atoms with E-state index in [1.54, 1.807) is 0 Å². The van der Waals surface area contributed by atoms with Crippen LogP contribution in [0.15, 0.2) is 72.9 Å². The number of ether oxygens (including phenoxy) is 2. The third kappa shape index (κ3) is 35.6. The van der Waals surface area contributed by atoms with Gasteiger partial charge in [0.25, 0.3) is 0 Å². The first-order valence-corrected chi connectivity index (χ1v) is 20.4. The molecule has 51 heavy (non-hydrogen) atoms. The molecule has 0 saturated heterocycles. The number of hydrogen-bond donors (Lipinski definition) is 3. The Bertz CT molecular complexity index is 1080. The number of aliphatic hydroxyl groups excluding tert-OH is 2. The van der Waals surface area contributed by atoms with Crippen molar-refractivity contribution in [3.63, 3.8) is 0 Å². The minimum atomic E-state index is -4.63. The molecule has 0 aromatic carbocycles. The Morgan fingerprint density at radius 3 is 1.71 bits per heavy atom. The fourth-order valence-electron chi connectivity index (χ4n) is 4.42. The molecule has 3 atom stereocenters. The van der Waals surface area contributed by atoms with Crippen molar-refractivity contribution in [2.75, 3.05) is 26.4 Å². The third-order valence-corrected chi connectivity index (χ3v) is 8.30. The third-order valence-electron chi connectivity index (χ3n) is 7.34. The lowest BCUT2D eigenvalue weighted by Gasteiger charge is -2.20. The van der Waals surface area contributed by atoms with E-state index in [1.165, 1.54) is 12.8 Å². The number of rotatable bonds is 34. The van der Waals surface area contributed by atoms with E-state index >= 15 is 0 Å². The van der Waals surface area contributed by atoms with Crippen LogP contribution in [0, 0.1) is 0 Å². The number of hydrogen-bond acceptors (Lipinski definition) is 9. The van der Waals surface area contributed by atoms with Crippen molar-refractivity contribution in [3.05, 3.63) is 72.9 Å². The molecule has 1 unspecified atom stereocenters. The minimum absolute atomic E-state index is 0.100. The Kier molecular flexibility index (Phi) is 34.0. The molecule has 0 spiro atoms. The van der Waals surface area contributed by atoms with Crippen LogP contribution in [0.25, 0.3) is 0 Å². The monoisotopic (exact) mass is 738 g/mol. The first-order chi connectivity index (χ1) is 24.7. The fraction of sp³-hybridized carbons (Fsp3) is 0.650. The number of allylic oxidation sites excluding steroid dienone is 12. The summed E-state index contributed by atoms with van der Waals surface area (Å²) in [6, 6.07) is 0. The largest absolute Gasteiger partial charge is 0.472 e. The standard InChI is InChI=1S/C40H67O10P/c1-3-5-7-9-11-13-15-16-17-18-19-20-22-24-26-28-30-32-40(44)50-38(36-49-51(45,46)48-34-37(42)33-41)35-47-39(43)31-29-27-25-23-21-14-12-10-8-6-4-2/h5,7,10-13,16-17,19-20,24,26,37-38,41-42H,3-4,6,8-9,14-15,18,21-23,25,27-36H2,1-2H3,(H,45,46)/b7-5+,12-10+,13-11+,17-16+,20-19+,26-24+/t37-,38+/m0/s1. The van der Waals surface area contributed by atoms with Gasteiger partial charge in [0, 0.05) is 12.8 Å². The Hall–Kier alpha value is -2.59. The number of esters is 2. The van der Waals surface area contributed by atoms with E-state index < -0.39 is 51.8 Å². The predicted molar refractivity (Wildman–Crippen MR) is 205 cm³/mol. The van der Waals surface area contributed by atoms with E-state index in [1.807, 2.05) is 12.2 Å². The van der Waals surface area contributed by atoms with Crippen LogP contribution in [0.5, 0.6) is 0 Å². The van der Waals surface area contributed by atoms with Crippen molar-refractivity contribution in [2.24, 2.45) is 0 Å². The second-order valence-corrected chi connectivity index (χ2v) is 13.7. The Balaban J connectivity index is 4.51. The number of phosphoric acid groups is 1. The summed E-state index contributed by atoms with van der Waals surface area (Å²) in [6.07, 6.45) is 38.8. The topological polar surface area (TPSA) is 149 Å². The molecule has 0 aliphatic rings. The van der Waals surface area contributed by atoms with E-state index in [4.69, 9.17) is 19.1 Å². The molecule has 0 fully saturated rings. The van der Waals surface area contributed by atoms with E-state index in [2.05, 4.69) is 79.1 Å². The molecule has 0 saturated carbocycles. The van der Waals surface area contributed by atoms with Gasteiger partial charge in [0.2, 0.25) is 0 Å². The van der Waals surface area contributed by atoms with Crippen LogP contribution in [0.1, 0.15) is 129 Å². The van der Waals surface area contributed by atoms with Crippen LogP contribution in [0.3, 0.4) is 0 Å². The number of unbranched alkanes of at least 4 members (excludes halogenated alkanes) is 8. The van der Waals surface area contributed by atoms with Crippen molar-refractivity contribution in [3.8, 4) is 0 Å². The molecule has 292 valence electrons. The quantitative estimate of drug-likeness (QED) is 0.0252. The molecular weight excluding hydrogens is 671 g/mol. The summed E-state index contributed by atoms with van der Waals surface area (Å²) in [6.45, 7) is 2.11. The summed E-state index contributed by atoms with van der Waals surface area (Å²) in [5, 5.41) is 18.3. The molecule has 0 bridgehead atoms. The van der Waals surface area contributed by atoms with Crippen LogP contribution in [0.2, 0.25) is 0 Å². The van der Waals surface area contributed by atoms with Gasteiger partial charge in [-0.1, -0.05) is 119 Å². The highest BCUT2D eigenvalue weighted by molar-refractivity contribution is 7.47. The van der Waals surface area contributed by atoms with Gasteiger partial charge < -0.3 is 24.6 Å². The second-order valence-electron chi connectivity index (χ2n) is 12.2. The highest BCUT2D eigenvalue weighted by Gasteiger charge is 2.27. The number of carbonyl (C=O) groups excluding carboxylic acids is 2. The summed E-state index contributed by atoms with van der Waals surface area (Å²) in [5.74, 6) is -1.01. The Morgan fingerprint density at radius 1 is 0.608 bits per heavy atom. The zero-order valence-corrected chi connectivity index (χ0v) is 32.2. The zero-order valence-electron chi connectivity index (χ0n) is 31.3. The molecule has 3 N–H and O–H groups in total. The first kappa shape index (κ1) is 48.4. The Morgan fingerprint density at radius 2 is 1.10 bits per heavy atom. The van der Waals surface area contributed by atoms with E-state index in [-0.39, 0.29) is 19.4 Å². The first-order valence-electron chi connectivity index (χ1n) is 18.9. The van der Waals surface area contributed by atoms with Gasteiger partial charge >= 0.3 is 19.8 Å². The molecule has 11 heteroatoms. The SMILES string of the molecule is CC/C=C/C/C=C/C/C=C/C/C=C/C/C=C/CCCC(=O)O[C@H](COC(=O)CCCCCCC/C=C/CCCC)COP(=O)(O)OC[C@@H](O)CO. The van der Waals surface area contributed by atoms with Crippen molar-refractivity contribution in [2.45, 2.75) is 142 Å². The van der Waals surface area contributed by atoms with E-state index in [0.717, 1.165) is 70.6 Å². The molecule has 0 heterocycles.